The second kappa shape index (κ2) is 3.78. The smallest absolute Gasteiger partial charge is 0.374 e. The Morgan fingerprint density at radius 2 is 1.92 bits per heavy atom. The van der Waals surface area contributed by atoms with E-state index in [4.69, 9.17) is 0 Å². The summed E-state index contributed by atoms with van der Waals surface area (Å²) >= 11 is 3.56. The highest BCUT2D eigenvalue weighted by Gasteiger charge is 2.68. The van der Waals surface area contributed by atoms with Crippen molar-refractivity contribution in [1.29, 1.82) is 0 Å². The predicted octanol–water partition coefficient (Wildman–Crippen LogP) is 1.68. The third-order valence-electron chi connectivity index (χ3n) is 2.15. The van der Waals surface area contributed by atoms with E-state index in [2.05, 4.69) is 20.7 Å². The van der Waals surface area contributed by atoms with Crippen LogP contribution in [0.25, 0.3) is 0 Å². The van der Waals surface area contributed by atoms with Crippen LogP contribution in [0.1, 0.15) is 26.7 Å². The van der Waals surface area contributed by atoms with Gasteiger partial charge >= 0.3 is 5.97 Å². The summed E-state index contributed by atoms with van der Waals surface area (Å²) in [6.45, 7) is 3.09. The molecule has 2 aliphatic carbocycles. The number of rotatable bonds is 2. The van der Waals surface area contributed by atoms with Gasteiger partial charge in [0.2, 0.25) is 5.78 Å². The summed E-state index contributed by atoms with van der Waals surface area (Å²) in [4.78, 5) is 20.2. The van der Waals surface area contributed by atoms with Gasteiger partial charge in [-0.2, -0.15) is 0 Å². The van der Waals surface area contributed by atoms with E-state index in [1.807, 2.05) is 0 Å². The third-order valence-corrected chi connectivity index (χ3v) is 3.44. The van der Waals surface area contributed by atoms with Crippen LogP contribution < -0.4 is 0 Å². The standard InChI is InChI=1S/C5H8O3.C4H5Br/c1-3-8-5(7)4(2)6;5-4-1-3(4)2-4/h3H2,1-2H3;3H,1-2H2. The molecule has 0 aromatic heterocycles. The van der Waals surface area contributed by atoms with Gasteiger partial charge in [0.15, 0.2) is 0 Å². The molecule has 2 saturated carbocycles. The largest absolute Gasteiger partial charge is 0.460 e. The Balaban J connectivity index is 0.000000140. The highest BCUT2D eigenvalue weighted by atomic mass is 79.9. The zero-order chi connectivity index (χ0) is 10.1. The molecule has 0 aliphatic heterocycles. The average molecular weight is 249 g/mol. The lowest BCUT2D eigenvalue weighted by atomic mass is 10.4. The van der Waals surface area contributed by atoms with Gasteiger partial charge in [-0.1, -0.05) is 15.9 Å². The lowest BCUT2D eigenvalue weighted by Crippen LogP contribution is -2.12. The first-order chi connectivity index (χ1) is 5.99. The van der Waals surface area contributed by atoms with Gasteiger partial charge in [-0.05, 0) is 25.7 Å². The molecule has 0 spiro atoms. The molecule has 0 aromatic carbocycles. The Kier molecular flexibility index (Phi) is 3.11. The molecule has 13 heavy (non-hydrogen) atoms. The molecule has 2 aliphatic rings. The second-order valence-corrected chi connectivity index (χ2v) is 5.00. The van der Waals surface area contributed by atoms with Gasteiger partial charge in [0.05, 0.1) is 6.61 Å². The summed E-state index contributed by atoms with van der Waals surface area (Å²) in [6, 6.07) is 0. The van der Waals surface area contributed by atoms with Gasteiger partial charge in [0, 0.05) is 11.2 Å². The lowest BCUT2D eigenvalue weighted by Gasteiger charge is -1.93. The summed E-state index contributed by atoms with van der Waals surface area (Å²) in [5.74, 6) is -0.193. The summed E-state index contributed by atoms with van der Waals surface area (Å²) in [7, 11) is 0. The summed E-state index contributed by atoms with van der Waals surface area (Å²) in [6.07, 6.45) is 2.93. The van der Waals surface area contributed by atoms with Crippen LogP contribution in [0.2, 0.25) is 0 Å². The maximum atomic E-state index is 10.2. The van der Waals surface area contributed by atoms with Gasteiger partial charge in [0.25, 0.3) is 0 Å². The minimum absolute atomic E-state index is 0.262. The number of esters is 1. The van der Waals surface area contributed by atoms with Gasteiger partial charge in [-0.15, -0.1) is 0 Å². The molecule has 0 atom stereocenters. The molecule has 3 nitrogen and oxygen atoms in total. The molecular weight excluding hydrogens is 236 g/mol. The van der Waals surface area contributed by atoms with Crippen molar-refractivity contribution in [2.45, 2.75) is 31.0 Å². The van der Waals surface area contributed by atoms with E-state index in [1.165, 1.54) is 19.8 Å². The minimum atomic E-state index is -0.757. The van der Waals surface area contributed by atoms with Crippen LogP contribution in [0.4, 0.5) is 0 Å². The molecule has 2 rings (SSSR count). The predicted molar refractivity (Wildman–Crippen MR) is 51.7 cm³/mol. The van der Waals surface area contributed by atoms with Crippen molar-refractivity contribution >= 4 is 27.7 Å². The first kappa shape index (κ1) is 10.7. The van der Waals surface area contributed by atoms with Gasteiger partial charge in [0.1, 0.15) is 0 Å². The minimum Gasteiger partial charge on any atom is -0.460 e. The molecule has 0 bridgehead atoms. The maximum absolute atomic E-state index is 10.2. The maximum Gasteiger partial charge on any atom is 0.374 e. The molecule has 0 saturated heterocycles. The number of carbonyl (C=O) groups is 2. The van der Waals surface area contributed by atoms with Crippen molar-refractivity contribution < 1.29 is 14.3 Å². The number of hydrogen-bond acceptors (Lipinski definition) is 3. The van der Waals surface area contributed by atoms with Crippen LogP contribution >= 0.6 is 15.9 Å². The number of hydrogen-bond donors (Lipinski definition) is 0. The fourth-order valence-corrected chi connectivity index (χ4v) is 1.66. The SMILES string of the molecule is BrC12CC1C2.CCOC(=O)C(C)=O. The van der Waals surface area contributed by atoms with Crippen LogP contribution in [-0.4, -0.2) is 22.7 Å². The van der Waals surface area contributed by atoms with E-state index in [-0.39, 0.29) is 6.61 Å². The van der Waals surface area contributed by atoms with Crippen LogP contribution in [0, 0.1) is 5.92 Å². The van der Waals surface area contributed by atoms with Gasteiger partial charge in [-0.3, -0.25) is 4.79 Å². The fourth-order valence-electron chi connectivity index (χ4n) is 0.874. The Morgan fingerprint density at radius 3 is 2.00 bits per heavy atom. The zero-order valence-electron chi connectivity index (χ0n) is 7.80. The van der Waals surface area contributed by atoms with Crippen LogP contribution in [-0.2, 0) is 14.3 Å². The van der Waals surface area contributed by atoms with Crippen molar-refractivity contribution in [1.82, 2.24) is 0 Å². The first-order valence-electron chi connectivity index (χ1n) is 4.36. The summed E-state index contributed by atoms with van der Waals surface area (Å²) in [5, 5.41) is 0. The normalized spacial score (nSPS) is 32.1. The Hall–Kier alpha value is -0.380. The molecule has 0 N–H and O–H groups in total. The number of ether oxygens (including phenoxy) is 1. The highest BCUT2D eigenvalue weighted by Crippen LogP contribution is 2.72. The zero-order valence-corrected chi connectivity index (χ0v) is 9.39. The number of halogens is 1. The summed E-state index contributed by atoms with van der Waals surface area (Å²) < 4.78 is 5.04. The topological polar surface area (TPSA) is 43.4 Å². The Bertz CT molecular complexity index is 231. The van der Waals surface area contributed by atoms with E-state index in [0.717, 1.165) is 10.2 Å². The molecular formula is C9H13BrO3. The fraction of sp³-hybridized carbons (Fsp3) is 0.778. The van der Waals surface area contributed by atoms with E-state index >= 15 is 0 Å². The van der Waals surface area contributed by atoms with Crippen molar-refractivity contribution in [3.63, 3.8) is 0 Å². The van der Waals surface area contributed by atoms with E-state index in [9.17, 15) is 9.59 Å². The molecule has 4 heteroatoms. The van der Waals surface area contributed by atoms with Crippen molar-refractivity contribution in [3.05, 3.63) is 0 Å². The third kappa shape index (κ3) is 3.10. The number of alkyl halides is 1. The molecule has 0 radical (unpaired) electrons. The number of fused-ring (bicyclic) bond motifs is 1. The quantitative estimate of drug-likeness (QED) is 0.425. The second-order valence-electron chi connectivity index (χ2n) is 3.42. The van der Waals surface area contributed by atoms with E-state index < -0.39 is 11.8 Å². The summed E-state index contributed by atoms with van der Waals surface area (Å²) in [5.41, 5.74) is 0. The van der Waals surface area contributed by atoms with Crippen LogP contribution in [0.15, 0.2) is 0 Å². The highest BCUT2D eigenvalue weighted by molar-refractivity contribution is 9.10. The Labute approximate surface area is 86.0 Å². The molecule has 0 unspecified atom stereocenters. The van der Waals surface area contributed by atoms with Crippen molar-refractivity contribution in [3.8, 4) is 0 Å². The van der Waals surface area contributed by atoms with E-state index in [1.54, 1.807) is 6.92 Å². The van der Waals surface area contributed by atoms with Crippen molar-refractivity contribution in [2.75, 3.05) is 6.61 Å². The van der Waals surface area contributed by atoms with Crippen LogP contribution in [0.3, 0.4) is 0 Å². The average Bonchev–Trinajstić information content (AvgIpc) is 2.79. The molecule has 0 amide bonds. The van der Waals surface area contributed by atoms with Gasteiger partial charge < -0.3 is 4.74 Å². The number of Topliss-reactive ketones (excluding diaryl/α,β-unsaturated/α-hetero) is 1. The lowest BCUT2D eigenvalue weighted by molar-refractivity contribution is -0.152. The monoisotopic (exact) mass is 248 g/mol. The molecule has 0 aromatic rings. The number of ketones is 1. The Morgan fingerprint density at radius 1 is 1.54 bits per heavy atom. The van der Waals surface area contributed by atoms with Gasteiger partial charge in [-0.25, -0.2) is 4.79 Å². The molecule has 74 valence electrons. The molecule has 0 heterocycles. The van der Waals surface area contributed by atoms with Crippen LogP contribution in [0.5, 0.6) is 0 Å². The molecule has 2 fully saturated rings. The van der Waals surface area contributed by atoms with E-state index in [0.29, 0.717) is 0 Å². The number of carbonyl (C=O) groups excluding carboxylic acids is 2. The van der Waals surface area contributed by atoms with Crippen molar-refractivity contribution in [2.24, 2.45) is 5.92 Å². The first-order valence-corrected chi connectivity index (χ1v) is 5.15.